The van der Waals surface area contributed by atoms with E-state index in [9.17, 15) is 0 Å². The van der Waals surface area contributed by atoms with Crippen LogP contribution in [0.3, 0.4) is 0 Å². The molecule has 0 amide bonds. The van der Waals surface area contributed by atoms with Crippen LogP contribution < -0.4 is 0 Å². The van der Waals surface area contributed by atoms with E-state index >= 15 is 0 Å². The van der Waals surface area contributed by atoms with Gasteiger partial charge in [-0.05, 0) is 59.5 Å². The first-order valence-corrected chi connectivity index (χ1v) is 8.16. The molecule has 0 heterocycles. The van der Waals surface area contributed by atoms with Crippen molar-refractivity contribution in [2.24, 2.45) is 22.7 Å². The van der Waals surface area contributed by atoms with E-state index in [-0.39, 0.29) is 0 Å². The molecule has 0 aromatic rings. The fourth-order valence-corrected chi connectivity index (χ4v) is 4.71. The first-order valence-electron chi connectivity index (χ1n) is 8.16. The summed E-state index contributed by atoms with van der Waals surface area (Å²) in [4.78, 5) is 0. The molecular formula is C19H30. The Morgan fingerprint density at radius 2 is 1.47 bits per heavy atom. The number of allylic oxidation sites excluding steroid dienone is 4. The van der Waals surface area contributed by atoms with Crippen molar-refractivity contribution >= 4 is 0 Å². The predicted octanol–water partition coefficient (Wildman–Crippen LogP) is 5.90. The van der Waals surface area contributed by atoms with Crippen molar-refractivity contribution in [2.75, 3.05) is 0 Å². The van der Waals surface area contributed by atoms with E-state index in [1.165, 1.54) is 32.1 Å². The minimum absolute atomic E-state index is 0.352. The van der Waals surface area contributed by atoms with Gasteiger partial charge in [0.05, 0.1) is 0 Å². The normalized spacial score (nSPS) is 31.3. The molecule has 0 nitrogen and oxygen atoms in total. The molecule has 19 heavy (non-hydrogen) atoms. The van der Waals surface area contributed by atoms with E-state index < -0.39 is 0 Å². The van der Waals surface area contributed by atoms with Crippen molar-refractivity contribution in [3.05, 3.63) is 22.3 Å². The van der Waals surface area contributed by atoms with Gasteiger partial charge < -0.3 is 0 Å². The van der Waals surface area contributed by atoms with Crippen molar-refractivity contribution in [1.82, 2.24) is 0 Å². The van der Waals surface area contributed by atoms with Crippen LogP contribution in [0.25, 0.3) is 0 Å². The lowest BCUT2D eigenvalue weighted by Crippen LogP contribution is -2.15. The Bertz CT molecular complexity index is 459. The molecular weight excluding hydrogens is 228 g/mol. The molecule has 0 aromatic heterocycles. The van der Waals surface area contributed by atoms with Crippen LogP contribution in [0.15, 0.2) is 22.3 Å². The summed E-state index contributed by atoms with van der Waals surface area (Å²) in [6, 6.07) is 0. The Morgan fingerprint density at radius 1 is 0.842 bits per heavy atom. The molecule has 2 unspecified atom stereocenters. The summed E-state index contributed by atoms with van der Waals surface area (Å²) in [6.45, 7) is 14.5. The molecule has 3 aliphatic carbocycles. The largest absolute Gasteiger partial charge is 0.0572 e. The van der Waals surface area contributed by atoms with Crippen LogP contribution in [0.2, 0.25) is 0 Å². The van der Waals surface area contributed by atoms with Crippen LogP contribution in [0, 0.1) is 22.7 Å². The molecule has 2 atom stereocenters. The number of rotatable bonds is 0. The van der Waals surface area contributed by atoms with Crippen molar-refractivity contribution in [2.45, 2.75) is 73.6 Å². The van der Waals surface area contributed by atoms with Gasteiger partial charge in [0.15, 0.2) is 0 Å². The van der Waals surface area contributed by atoms with Gasteiger partial charge in [-0.25, -0.2) is 0 Å². The number of hydrogen-bond acceptors (Lipinski definition) is 0. The zero-order valence-corrected chi connectivity index (χ0v) is 13.7. The van der Waals surface area contributed by atoms with Crippen LogP contribution >= 0.6 is 0 Å². The average molecular weight is 258 g/mol. The second kappa shape index (κ2) is 3.99. The van der Waals surface area contributed by atoms with Crippen LogP contribution in [0.5, 0.6) is 0 Å². The summed E-state index contributed by atoms with van der Waals surface area (Å²) in [5.74, 6) is 1.91. The van der Waals surface area contributed by atoms with E-state index in [2.05, 4.69) is 41.5 Å². The molecule has 3 aliphatic rings. The Morgan fingerprint density at radius 3 is 2.05 bits per heavy atom. The van der Waals surface area contributed by atoms with Gasteiger partial charge in [-0.1, -0.05) is 59.1 Å². The average Bonchev–Trinajstić information content (AvgIpc) is 2.80. The smallest absolute Gasteiger partial charge is 0.00860 e. The van der Waals surface area contributed by atoms with Gasteiger partial charge in [0, 0.05) is 0 Å². The van der Waals surface area contributed by atoms with Crippen LogP contribution in [-0.2, 0) is 0 Å². The lowest BCUT2D eigenvalue weighted by Gasteiger charge is -2.28. The molecule has 0 aliphatic heterocycles. The van der Waals surface area contributed by atoms with E-state index in [1.807, 2.05) is 5.57 Å². The van der Waals surface area contributed by atoms with Gasteiger partial charge >= 0.3 is 0 Å². The molecule has 2 fully saturated rings. The van der Waals surface area contributed by atoms with Gasteiger partial charge in [0.1, 0.15) is 0 Å². The molecule has 3 rings (SSSR count). The van der Waals surface area contributed by atoms with Crippen molar-refractivity contribution < 1.29 is 0 Å². The summed E-state index contributed by atoms with van der Waals surface area (Å²) in [7, 11) is 0. The monoisotopic (exact) mass is 258 g/mol. The Labute approximate surface area is 119 Å². The molecule has 0 spiro atoms. The van der Waals surface area contributed by atoms with Gasteiger partial charge in [-0.15, -0.1) is 0 Å². The van der Waals surface area contributed by atoms with Gasteiger partial charge in [-0.2, -0.15) is 0 Å². The summed E-state index contributed by atoms with van der Waals surface area (Å²) >= 11 is 0. The van der Waals surface area contributed by atoms with Crippen LogP contribution in [0.4, 0.5) is 0 Å². The standard InChI is InChI=1S/C19H30/c1-18(2,3)15-11-16(19(4,5)6)17-13-9-7-8-12(13)10-14(15)17/h12-13H,7-11H2,1-6H3. The van der Waals surface area contributed by atoms with Crippen LogP contribution in [-0.4, -0.2) is 0 Å². The highest BCUT2D eigenvalue weighted by Gasteiger charge is 2.46. The molecule has 0 radical (unpaired) electrons. The van der Waals surface area contributed by atoms with E-state index in [1.54, 1.807) is 16.7 Å². The molecule has 0 bridgehead atoms. The van der Waals surface area contributed by atoms with Gasteiger partial charge in [-0.3, -0.25) is 0 Å². The second-order valence-electron chi connectivity index (χ2n) is 9.03. The Kier molecular flexibility index (Phi) is 2.83. The van der Waals surface area contributed by atoms with E-state index in [0.717, 1.165) is 11.8 Å². The quantitative estimate of drug-likeness (QED) is 0.508. The lowest BCUT2D eigenvalue weighted by molar-refractivity contribution is 0.434. The maximum atomic E-state index is 2.42. The van der Waals surface area contributed by atoms with Crippen molar-refractivity contribution in [3.63, 3.8) is 0 Å². The highest BCUT2D eigenvalue weighted by molar-refractivity contribution is 5.55. The second-order valence-corrected chi connectivity index (χ2v) is 9.03. The summed E-state index contributed by atoms with van der Waals surface area (Å²) in [5.41, 5.74) is 7.88. The first-order chi connectivity index (χ1) is 8.69. The molecule has 0 aromatic carbocycles. The maximum Gasteiger partial charge on any atom is -0.00860 e. The van der Waals surface area contributed by atoms with Gasteiger partial charge in [0.2, 0.25) is 0 Å². The molecule has 0 N–H and O–H groups in total. The third-order valence-corrected chi connectivity index (χ3v) is 5.67. The first kappa shape index (κ1) is 13.5. The maximum absolute atomic E-state index is 2.42. The molecule has 0 heteroatoms. The van der Waals surface area contributed by atoms with E-state index in [4.69, 9.17) is 0 Å². The molecule has 106 valence electrons. The predicted molar refractivity (Wildman–Crippen MR) is 83.0 cm³/mol. The lowest BCUT2D eigenvalue weighted by atomic mass is 9.77. The topological polar surface area (TPSA) is 0 Å². The number of fused-ring (bicyclic) bond motifs is 3. The highest BCUT2D eigenvalue weighted by Crippen LogP contribution is 2.60. The summed E-state index contributed by atoms with van der Waals surface area (Å²) in [6.07, 6.45) is 7.06. The molecule has 0 saturated heterocycles. The fraction of sp³-hybridized carbons (Fsp3) is 0.789. The zero-order chi connectivity index (χ0) is 14.0. The minimum Gasteiger partial charge on any atom is -0.0572 e. The fourth-order valence-electron chi connectivity index (χ4n) is 4.71. The summed E-state index contributed by atoms with van der Waals surface area (Å²) < 4.78 is 0. The van der Waals surface area contributed by atoms with E-state index in [0.29, 0.717) is 10.8 Å². The third-order valence-electron chi connectivity index (χ3n) is 5.67. The minimum atomic E-state index is 0.352. The molecule has 2 saturated carbocycles. The summed E-state index contributed by atoms with van der Waals surface area (Å²) in [5, 5.41) is 0. The SMILES string of the molecule is CC(C)(C)C1=C2CC3CCCC3C2=C(C(C)(C)C)C1. The number of hydrogen-bond donors (Lipinski definition) is 0. The van der Waals surface area contributed by atoms with Crippen molar-refractivity contribution in [1.29, 1.82) is 0 Å². The Balaban J connectivity index is 2.10. The van der Waals surface area contributed by atoms with Crippen molar-refractivity contribution in [3.8, 4) is 0 Å². The third kappa shape index (κ3) is 2.03. The zero-order valence-electron chi connectivity index (χ0n) is 13.7. The Hall–Kier alpha value is -0.520. The van der Waals surface area contributed by atoms with Gasteiger partial charge in [0.25, 0.3) is 0 Å². The van der Waals surface area contributed by atoms with Crippen LogP contribution in [0.1, 0.15) is 73.6 Å². The highest BCUT2D eigenvalue weighted by atomic mass is 14.5.